The van der Waals surface area contributed by atoms with Gasteiger partial charge in [0.1, 0.15) is 0 Å². The van der Waals surface area contributed by atoms with Gasteiger partial charge in [0.05, 0.1) is 0 Å². The van der Waals surface area contributed by atoms with Crippen LogP contribution in [0.15, 0.2) is 84.9 Å². The molecule has 0 bridgehead atoms. The summed E-state index contributed by atoms with van der Waals surface area (Å²) in [6, 6.07) is 29.9. The molecule has 0 fully saturated rings. The molecule has 3 rings (SSSR count). The summed E-state index contributed by atoms with van der Waals surface area (Å²) in [6.07, 6.45) is 0. The third-order valence-corrected chi connectivity index (χ3v) is 11.8. The molecule has 0 saturated carbocycles. The fourth-order valence-corrected chi connectivity index (χ4v) is 7.68. The molecule has 3 aromatic carbocycles. The van der Waals surface area contributed by atoms with E-state index in [0.717, 1.165) is 5.75 Å². The van der Waals surface area contributed by atoms with Crippen molar-refractivity contribution in [2.75, 3.05) is 0 Å². The van der Waals surface area contributed by atoms with Gasteiger partial charge in [-0.05, 0) is 0 Å². The summed E-state index contributed by atoms with van der Waals surface area (Å²) in [6.45, 7) is 0.615. The van der Waals surface area contributed by atoms with Gasteiger partial charge < -0.3 is 0 Å². The van der Waals surface area contributed by atoms with Crippen molar-refractivity contribution in [1.29, 1.82) is 0 Å². The first-order chi connectivity index (χ1) is 11.2. The van der Waals surface area contributed by atoms with E-state index >= 15 is 0 Å². The summed E-state index contributed by atoms with van der Waals surface area (Å²) in [7, 11) is 0. The molecule has 3 aromatic rings. The van der Waals surface area contributed by atoms with Crippen molar-refractivity contribution in [2.45, 2.75) is 18.1 Å². The zero-order valence-corrected chi connectivity index (χ0v) is 15.8. The molecular formula is C21H22GeO. The predicted molar refractivity (Wildman–Crippen MR) is 100 cm³/mol. The summed E-state index contributed by atoms with van der Waals surface area (Å²) in [4.78, 5) is 0. The summed E-state index contributed by atoms with van der Waals surface area (Å²) in [5, 5.41) is 0. The minimum absolute atomic E-state index is 0.615. The number of benzene rings is 3. The Kier molecular flexibility index (Phi) is 4.87. The van der Waals surface area contributed by atoms with Gasteiger partial charge >= 0.3 is 141 Å². The quantitative estimate of drug-likeness (QED) is 0.621. The molecule has 23 heavy (non-hydrogen) atoms. The van der Waals surface area contributed by atoms with Gasteiger partial charge in [-0.3, -0.25) is 0 Å². The summed E-state index contributed by atoms with van der Waals surface area (Å²) in [5.74, 6) is 5.81. The van der Waals surface area contributed by atoms with Crippen LogP contribution < -0.4 is 13.5 Å². The van der Waals surface area contributed by atoms with E-state index in [1.165, 1.54) is 14.4 Å². The van der Waals surface area contributed by atoms with Crippen LogP contribution in [0.1, 0.15) is 5.56 Å². The van der Waals surface area contributed by atoms with Crippen molar-refractivity contribution >= 4 is 22.1 Å². The molecule has 0 radical (unpaired) electrons. The summed E-state index contributed by atoms with van der Waals surface area (Å²) in [5.41, 5.74) is 1.19. The third kappa shape index (κ3) is 3.86. The Hall–Kier alpha value is -2.00. The van der Waals surface area contributed by atoms with Crippen molar-refractivity contribution in [3.05, 3.63) is 90.5 Å². The Morgan fingerprint density at radius 2 is 1.17 bits per heavy atom. The standard InChI is InChI=1S/C21H22GeO/c1-22(2,19-11-7-4-8-12-19)20-13-15-21(16-14-20)23-17-18-9-5-3-6-10-18/h3-16H,17H2,1-2H3. The third-order valence-electron chi connectivity index (χ3n) is 4.32. The zero-order valence-electron chi connectivity index (χ0n) is 13.7. The number of rotatable bonds is 5. The Morgan fingerprint density at radius 3 is 1.78 bits per heavy atom. The van der Waals surface area contributed by atoms with E-state index in [1.54, 1.807) is 0 Å². The predicted octanol–water partition coefficient (Wildman–Crippen LogP) is 4.09. The van der Waals surface area contributed by atoms with Crippen LogP contribution in [-0.4, -0.2) is 13.3 Å². The van der Waals surface area contributed by atoms with E-state index in [2.05, 4.69) is 78.2 Å². The first kappa shape index (κ1) is 15.9. The van der Waals surface area contributed by atoms with E-state index < -0.39 is 13.3 Å². The molecular weight excluding hydrogens is 341 g/mol. The molecule has 0 amide bonds. The van der Waals surface area contributed by atoms with E-state index in [9.17, 15) is 0 Å². The Labute approximate surface area is 141 Å². The zero-order chi connectivity index (χ0) is 16.1. The first-order valence-corrected chi connectivity index (χ1v) is 14.3. The van der Waals surface area contributed by atoms with Crippen LogP contribution in [0.2, 0.25) is 11.5 Å². The molecule has 0 atom stereocenters. The Morgan fingerprint density at radius 1 is 0.652 bits per heavy atom. The minimum atomic E-state index is -2.18. The molecule has 0 aliphatic rings. The van der Waals surface area contributed by atoms with Crippen molar-refractivity contribution in [3.8, 4) is 5.75 Å². The van der Waals surface area contributed by atoms with Gasteiger partial charge in [-0.1, -0.05) is 0 Å². The van der Waals surface area contributed by atoms with Crippen molar-refractivity contribution < 1.29 is 4.74 Å². The van der Waals surface area contributed by atoms with Gasteiger partial charge in [-0.15, -0.1) is 0 Å². The molecule has 1 nitrogen and oxygen atoms in total. The van der Waals surface area contributed by atoms with E-state index in [1.807, 2.05) is 18.2 Å². The molecule has 0 aliphatic carbocycles. The van der Waals surface area contributed by atoms with Crippen LogP contribution in [0.25, 0.3) is 0 Å². The number of hydrogen-bond acceptors (Lipinski definition) is 1. The second-order valence-electron chi connectivity index (χ2n) is 6.29. The van der Waals surface area contributed by atoms with Crippen LogP contribution in [-0.2, 0) is 6.61 Å². The van der Waals surface area contributed by atoms with E-state index in [-0.39, 0.29) is 0 Å². The molecule has 0 unspecified atom stereocenters. The Balaban J connectivity index is 1.72. The molecule has 0 heterocycles. The molecule has 0 N–H and O–H groups in total. The van der Waals surface area contributed by atoms with Gasteiger partial charge in [0, 0.05) is 0 Å². The van der Waals surface area contributed by atoms with Crippen LogP contribution in [0.5, 0.6) is 5.75 Å². The maximum atomic E-state index is 5.89. The first-order valence-electron chi connectivity index (χ1n) is 7.99. The average Bonchev–Trinajstić information content (AvgIpc) is 2.62. The summed E-state index contributed by atoms with van der Waals surface area (Å²) >= 11 is -2.18. The molecule has 0 aliphatic heterocycles. The monoisotopic (exact) mass is 364 g/mol. The SMILES string of the molecule is [CH3][Ge]([CH3])([c]1ccccc1)[c]1ccc(OCc2ccccc2)cc1. The average molecular weight is 363 g/mol. The van der Waals surface area contributed by atoms with Gasteiger partial charge in [0.25, 0.3) is 0 Å². The van der Waals surface area contributed by atoms with Gasteiger partial charge in [-0.2, -0.15) is 0 Å². The molecule has 116 valence electrons. The van der Waals surface area contributed by atoms with E-state index in [0.29, 0.717) is 6.61 Å². The Bertz CT molecular complexity index is 734. The van der Waals surface area contributed by atoms with Crippen molar-refractivity contribution in [2.24, 2.45) is 0 Å². The normalized spacial score (nSPS) is 11.2. The second-order valence-corrected chi connectivity index (χ2v) is 15.5. The number of ether oxygens (including phenoxy) is 1. The van der Waals surface area contributed by atoms with Crippen molar-refractivity contribution in [3.63, 3.8) is 0 Å². The molecule has 0 aromatic heterocycles. The van der Waals surface area contributed by atoms with Crippen molar-refractivity contribution in [1.82, 2.24) is 0 Å². The second kappa shape index (κ2) is 7.05. The van der Waals surface area contributed by atoms with Crippen LogP contribution >= 0.6 is 0 Å². The fourth-order valence-electron chi connectivity index (χ4n) is 2.73. The van der Waals surface area contributed by atoms with Crippen LogP contribution in [0.3, 0.4) is 0 Å². The molecule has 0 spiro atoms. The maximum absolute atomic E-state index is 5.89. The van der Waals surface area contributed by atoms with Gasteiger partial charge in [-0.25, -0.2) is 0 Å². The van der Waals surface area contributed by atoms with Gasteiger partial charge in [0.15, 0.2) is 0 Å². The summed E-state index contributed by atoms with van der Waals surface area (Å²) < 4.78 is 8.87. The topological polar surface area (TPSA) is 9.23 Å². The number of hydrogen-bond donors (Lipinski definition) is 0. The fraction of sp³-hybridized carbons (Fsp3) is 0.143. The molecule has 2 heteroatoms. The van der Waals surface area contributed by atoms with Gasteiger partial charge in [0.2, 0.25) is 0 Å². The van der Waals surface area contributed by atoms with Crippen LogP contribution in [0.4, 0.5) is 0 Å². The molecule has 0 saturated heterocycles. The van der Waals surface area contributed by atoms with Crippen LogP contribution in [0, 0.1) is 0 Å². The van der Waals surface area contributed by atoms with E-state index in [4.69, 9.17) is 4.74 Å².